The Morgan fingerprint density at radius 1 is 1.56 bits per heavy atom. The van der Waals surface area contributed by atoms with Gasteiger partial charge < -0.3 is 5.32 Å². The zero-order chi connectivity index (χ0) is 6.69. The number of hydrogen-bond acceptors (Lipinski definition) is 2. The molecule has 1 saturated heterocycles. The van der Waals surface area contributed by atoms with Crippen molar-refractivity contribution in [1.82, 2.24) is 5.32 Å². The molecule has 1 fully saturated rings. The van der Waals surface area contributed by atoms with Crippen molar-refractivity contribution in [3.05, 3.63) is 0 Å². The van der Waals surface area contributed by atoms with Gasteiger partial charge >= 0.3 is 0 Å². The summed E-state index contributed by atoms with van der Waals surface area (Å²) in [5.74, 6) is 1.28. The van der Waals surface area contributed by atoms with Crippen molar-refractivity contribution in [1.29, 1.82) is 0 Å². The lowest BCUT2D eigenvalue weighted by Gasteiger charge is -2.08. The van der Waals surface area contributed by atoms with E-state index in [0.29, 0.717) is 0 Å². The SMILES string of the molecule is CSC[C@@H]1CC[C@@H](C)N1. The molecule has 1 aliphatic rings. The summed E-state index contributed by atoms with van der Waals surface area (Å²) in [6.45, 7) is 2.26. The molecular formula is C7H15NS. The lowest BCUT2D eigenvalue weighted by Crippen LogP contribution is -2.28. The van der Waals surface area contributed by atoms with Crippen LogP contribution in [0, 0.1) is 0 Å². The van der Waals surface area contributed by atoms with E-state index in [1.54, 1.807) is 0 Å². The van der Waals surface area contributed by atoms with Gasteiger partial charge in [-0.25, -0.2) is 0 Å². The Morgan fingerprint density at radius 3 is 2.78 bits per heavy atom. The van der Waals surface area contributed by atoms with E-state index >= 15 is 0 Å². The minimum absolute atomic E-state index is 0.766. The van der Waals surface area contributed by atoms with Gasteiger partial charge in [-0.3, -0.25) is 0 Å². The Labute approximate surface area is 61.6 Å². The van der Waals surface area contributed by atoms with Crippen LogP contribution in [0.3, 0.4) is 0 Å². The predicted octanol–water partition coefficient (Wildman–Crippen LogP) is 1.49. The molecule has 1 rings (SSSR count). The van der Waals surface area contributed by atoms with Crippen LogP contribution in [0.2, 0.25) is 0 Å². The predicted molar refractivity (Wildman–Crippen MR) is 44.0 cm³/mol. The molecule has 1 nitrogen and oxygen atoms in total. The lowest BCUT2D eigenvalue weighted by atomic mass is 10.2. The summed E-state index contributed by atoms with van der Waals surface area (Å²) in [5.41, 5.74) is 0. The Bertz CT molecular complexity index is 83.0. The van der Waals surface area contributed by atoms with E-state index in [1.165, 1.54) is 18.6 Å². The standard InChI is InChI=1S/C7H15NS/c1-6-3-4-7(8-6)5-9-2/h6-8H,3-5H2,1-2H3/t6-,7+/m1/s1. The van der Waals surface area contributed by atoms with Gasteiger partial charge in [0.1, 0.15) is 0 Å². The van der Waals surface area contributed by atoms with Gasteiger partial charge in [0.05, 0.1) is 0 Å². The van der Waals surface area contributed by atoms with Gasteiger partial charge in [0.2, 0.25) is 0 Å². The molecule has 0 aromatic rings. The molecule has 0 aromatic heterocycles. The average molecular weight is 145 g/mol. The Morgan fingerprint density at radius 2 is 2.33 bits per heavy atom. The van der Waals surface area contributed by atoms with Crippen molar-refractivity contribution in [3.63, 3.8) is 0 Å². The Kier molecular flexibility index (Phi) is 2.86. The topological polar surface area (TPSA) is 12.0 Å². The molecule has 0 aromatic carbocycles. The van der Waals surface area contributed by atoms with Crippen molar-refractivity contribution in [3.8, 4) is 0 Å². The molecule has 2 heteroatoms. The van der Waals surface area contributed by atoms with Crippen LogP contribution < -0.4 is 5.32 Å². The maximum absolute atomic E-state index is 3.53. The van der Waals surface area contributed by atoms with Crippen LogP contribution >= 0.6 is 11.8 Å². The first-order chi connectivity index (χ1) is 4.33. The highest BCUT2D eigenvalue weighted by Gasteiger charge is 2.18. The Balaban J connectivity index is 2.14. The molecule has 9 heavy (non-hydrogen) atoms. The van der Waals surface area contributed by atoms with Gasteiger partial charge in [-0.15, -0.1) is 0 Å². The third-order valence-corrected chi connectivity index (χ3v) is 2.57. The van der Waals surface area contributed by atoms with E-state index in [0.717, 1.165) is 12.1 Å². The van der Waals surface area contributed by atoms with Crippen LogP contribution in [0.25, 0.3) is 0 Å². The number of hydrogen-bond donors (Lipinski definition) is 1. The summed E-state index contributed by atoms with van der Waals surface area (Å²) in [6.07, 6.45) is 4.91. The molecule has 2 atom stereocenters. The van der Waals surface area contributed by atoms with Gasteiger partial charge in [0, 0.05) is 17.8 Å². The number of nitrogens with one attached hydrogen (secondary N) is 1. The van der Waals surface area contributed by atoms with Crippen LogP contribution in [-0.4, -0.2) is 24.1 Å². The quantitative estimate of drug-likeness (QED) is 0.632. The van der Waals surface area contributed by atoms with Crippen molar-refractivity contribution in [2.75, 3.05) is 12.0 Å². The van der Waals surface area contributed by atoms with Crippen LogP contribution in [-0.2, 0) is 0 Å². The van der Waals surface area contributed by atoms with Gasteiger partial charge in [-0.1, -0.05) is 0 Å². The van der Waals surface area contributed by atoms with E-state index in [1.807, 2.05) is 11.8 Å². The fourth-order valence-corrected chi connectivity index (χ4v) is 2.02. The van der Waals surface area contributed by atoms with Crippen molar-refractivity contribution >= 4 is 11.8 Å². The molecule has 0 aliphatic carbocycles. The van der Waals surface area contributed by atoms with Crippen molar-refractivity contribution in [2.45, 2.75) is 31.8 Å². The summed E-state index contributed by atoms with van der Waals surface area (Å²) >= 11 is 1.94. The fraction of sp³-hybridized carbons (Fsp3) is 1.00. The molecule has 1 aliphatic heterocycles. The number of thioether (sulfide) groups is 1. The molecule has 1 N–H and O–H groups in total. The summed E-state index contributed by atoms with van der Waals surface area (Å²) in [5, 5.41) is 3.53. The van der Waals surface area contributed by atoms with E-state index in [2.05, 4.69) is 18.5 Å². The molecule has 54 valence electrons. The minimum atomic E-state index is 0.766. The largest absolute Gasteiger partial charge is 0.311 e. The summed E-state index contributed by atoms with van der Waals surface area (Å²) < 4.78 is 0. The van der Waals surface area contributed by atoms with Crippen molar-refractivity contribution < 1.29 is 0 Å². The molecule has 0 saturated carbocycles. The van der Waals surface area contributed by atoms with E-state index in [9.17, 15) is 0 Å². The first-order valence-corrected chi connectivity index (χ1v) is 4.97. The van der Waals surface area contributed by atoms with E-state index < -0.39 is 0 Å². The van der Waals surface area contributed by atoms with Crippen LogP contribution in [0.15, 0.2) is 0 Å². The first-order valence-electron chi connectivity index (χ1n) is 3.58. The van der Waals surface area contributed by atoms with Crippen LogP contribution in [0.4, 0.5) is 0 Å². The van der Waals surface area contributed by atoms with E-state index in [-0.39, 0.29) is 0 Å². The van der Waals surface area contributed by atoms with Crippen molar-refractivity contribution in [2.24, 2.45) is 0 Å². The summed E-state index contributed by atoms with van der Waals surface area (Å²) in [6, 6.07) is 1.57. The van der Waals surface area contributed by atoms with Crippen LogP contribution in [0.5, 0.6) is 0 Å². The third kappa shape index (κ3) is 2.18. The molecule has 0 unspecified atom stereocenters. The maximum Gasteiger partial charge on any atom is 0.0161 e. The molecule has 1 heterocycles. The second kappa shape index (κ2) is 3.47. The average Bonchev–Trinajstić information content (AvgIpc) is 2.17. The van der Waals surface area contributed by atoms with Crippen LogP contribution in [0.1, 0.15) is 19.8 Å². The first kappa shape index (κ1) is 7.42. The zero-order valence-electron chi connectivity index (χ0n) is 6.18. The number of rotatable bonds is 2. The smallest absolute Gasteiger partial charge is 0.0161 e. The zero-order valence-corrected chi connectivity index (χ0v) is 7.00. The fourth-order valence-electron chi connectivity index (χ4n) is 1.35. The molecular weight excluding hydrogens is 130 g/mol. The van der Waals surface area contributed by atoms with Gasteiger partial charge in [0.15, 0.2) is 0 Å². The summed E-state index contributed by atoms with van der Waals surface area (Å²) in [4.78, 5) is 0. The lowest BCUT2D eigenvalue weighted by molar-refractivity contribution is 0.602. The normalized spacial score (nSPS) is 35.3. The highest BCUT2D eigenvalue weighted by atomic mass is 32.2. The molecule has 0 radical (unpaired) electrons. The maximum atomic E-state index is 3.53. The molecule has 0 spiro atoms. The third-order valence-electron chi connectivity index (χ3n) is 1.84. The Hall–Kier alpha value is 0.310. The monoisotopic (exact) mass is 145 g/mol. The minimum Gasteiger partial charge on any atom is -0.311 e. The second-order valence-electron chi connectivity index (χ2n) is 2.80. The second-order valence-corrected chi connectivity index (χ2v) is 3.71. The van der Waals surface area contributed by atoms with Gasteiger partial charge in [-0.05, 0) is 26.0 Å². The van der Waals surface area contributed by atoms with Gasteiger partial charge in [0.25, 0.3) is 0 Å². The van der Waals surface area contributed by atoms with E-state index in [4.69, 9.17) is 0 Å². The molecule has 0 amide bonds. The van der Waals surface area contributed by atoms with Gasteiger partial charge in [-0.2, -0.15) is 11.8 Å². The molecule has 0 bridgehead atoms. The highest BCUT2D eigenvalue weighted by Crippen LogP contribution is 2.14. The highest BCUT2D eigenvalue weighted by molar-refractivity contribution is 7.98. The summed E-state index contributed by atoms with van der Waals surface area (Å²) in [7, 11) is 0.